The van der Waals surface area contributed by atoms with E-state index in [1.807, 2.05) is 0 Å². The smallest absolute Gasteiger partial charge is 0.282 e. The Morgan fingerprint density at radius 1 is 0.905 bits per heavy atom. The summed E-state index contributed by atoms with van der Waals surface area (Å²) in [5, 5.41) is 34.2. The second-order valence-corrected chi connectivity index (χ2v) is 10.2. The van der Waals surface area contributed by atoms with E-state index in [2.05, 4.69) is 10.4 Å². The Morgan fingerprint density at radius 3 is 2.40 bits per heavy atom. The van der Waals surface area contributed by atoms with E-state index >= 15 is 0 Å². The van der Waals surface area contributed by atoms with Crippen LogP contribution in [0.25, 0.3) is 11.8 Å². The molecular formula is C31H21N3O8. The number of allylic oxidation sites excluding steroid dienone is 3. The molecule has 0 radical (unpaired) electrons. The van der Waals surface area contributed by atoms with Gasteiger partial charge in [-0.05, 0) is 49.6 Å². The molecule has 0 bridgehead atoms. The molecule has 2 heterocycles. The molecule has 3 aromatic rings. The van der Waals surface area contributed by atoms with Gasteiger partial charge in [-0.25, -0.2) is 9.99 Å². The zero-order valence-electron chi connectivity index (χ0n) is 22.2. The van der Waals surface area contributed by atoms with E-state index < -0.39 is 46.1 Å². The summed E-state index contributed by atoms with van der Waals surface area (Å²) in [6.45, 7) is 1.39. The molecular weight excluding hydrogens is 542 g/mol. The topological polar surface area (TPSA) is 166 Å². The molecule has 2 aromatic carbocycles. The number of hydrazine groups is 1. The lowest BCUT2D eigenvalue weighted by molar-refractivity contribution is -0.110. The summed E-state index contributed by atoms with van der Waals surface area (Å²) in [5.74, 6) is -4.27. The Balaban J connectivity index is 1.50. The number of fused-ring (bicyclic) bond motifs is 4. The number of ketones is 3. The number of aromatic hydroxyl groups is 3. The standard InChI is InChI=1S/C31H21N3O8/c1-12-17(35)10-16-22(25(12)36)29(40)24-23(26(16)37)28(39)21-15(30(24)42-2)7-6-13-9-14-11-33-34(18-5-3-4-8-32-18)31(41)20(14)27(38)19(13)21/h3-5,8-11,33,35-36,38H,6-7H2,1-2H3. The number of aryl methyl sites for hydroxylation is 1. The minimum absolute atomic E-state index is 0.0111. The van der Waals surface area contributed by atoms with Crippen LogP contribution in [0.5, 0.6) is 17.2 Å². The zero-order chi connectivity index (χ0) is 29.6. The van der Waals surface area contributed by atoms with E-state index in [1.165, 1.54) is 20.2 Å². The predicted molar refractivity (Wildman–Crippen MR) is 147 cm³/mol. The second-order valence-electron chi connectivity index (χ2n) is 10.2. The van der Waals surface area contributed by atoms with Gasteiger partial charge in [-0.15, -0.1) is 0 Å². The van der Waals surface area contributed by atoms with Crippen LogP contribution in [0.2, 0.25) is 0 Å². The number of amides is 1. The minimum atomic E-state index is -0.879. The number of anilines is 1. The molecule has 7 rings (SSSR count). The third-order valence-electron chi connectivity index (χ3n) is 8.12. The lowest BCUT2D eigenvalue weighted by Gasteiger charge is -2.32. The van der Waals surface area contributed by atoms with Crippen molar-refractivity contribution < 1.29 is 39.2 Å². The fraction of sp³-hybridized carbons (Fsp3) is 0.129. The highest BCUT2D eigenvalue weighted by Crippen LogP contribution is 2.46. The van der Waals surface area contributed by atoms with Crippen LogP contribution in [0.15, 0.2) is 59.0 Å². The first-order chi connectivity index (χ1) is 20.1. The number of hydrogen-bond acceptors (Lipinski definition) is 10. The number of rotatable bonds is 2. The molecule has 1 aromatic heterocycles. The Morgan fingerprint density at radius 2 is 1.69 bits per heavy atom. The van der Waals surface area contributed by atoms with Crippen molar-refractivity contribution >= 4 is 40.8 Å². The van der Waals surface area contributed by atoms with Crippen molar-refractivity contribution in [2.24, 2.45) is 0 Å². The number of aromatic nitrogens is 1. The van der Waals surface area contributed by atoms with E-state index in [9.17, 15) is 34.5 Å². The van der Waals surface area contributed by atoms with Gasteiger partial charge in [0.1, 0.15) is 23.0 Å². The van der Waals surface area contributed by atoms with Gasteiger partial charge in [0.05, 0.1) is 29.4 Å². The number of carbonyl (C=O) groups excluding carboxylic acids is 4. The van der Waals surface area contributed by atoms with Crippen LogP contribution in [0.3, 0.4) is 0 Å². The number of phenols is 3. The van der Waals surface area contributed by atoms with Crippen molar-refractivity contribution in [2.75, 3.05) is 12.1 Å². The second kappa shape index (κ2) is 8.64. The van der Waals surface area contributed by atoms with Gasteiger partial charge in [0.25, 0.3) is 5.91 Å². The fourth-order valence-electron chi connectivity index (χ4n) is 6.12. The number of Topliss-reactive ketones (excluding diaryl/α,β-unsaturated/α-hetero) is 3. The maximum Gasteiger partial charge on any atom is 0.282 e. The van der Waals surface area contributed by atoms with E-state index in [0.29, 0.717) is 22.8 Å². The monoisotopic (exact) mass is 563 g/mol. The molecule has 0 atom stereocenters. The zero-order valence-corrected chi connectivity index (χ0v) is 22.2. The summed E-state index contributed by atoms with van der Waals surface area (Å²) in [7, 11) is 1.30. The van der Waals surface area contributed by atoms with Crippen molar-refractivity contribution in [3.8, 4) is 17.2 Å². The lowest BCUT2D eigenvalue weighted by Crippen LogP contribution is -2.48. The minimum Gasteiger partial charge on any atom is -0.508 e. The summed E-state index contributed by atoms with van der Waals surface area (Å²) in [6, 6.07) is 7.75. The van der Waals surface area contributed by atoms with Gasteiger partial charge < -0.3 is 20.1 Å². The first-order valence-corrected chi connectivity index (χ1v) is 13.0. The summed E-state index contributed by atoms with van der Waals surface area (Å²) in [5.41, 5.74) is 2.22. The highest BCUT2D eigenvalue weighted by molar-refractivity contribution is 6.48. The number of benzene rings is 2. The molecule has 0 saturated carbocycles. The van der Waals surface area contributed by atoms with Gasteiger partial charge in [0.2, 0.25) is 5.78 Å². The highest BCUT2D eigenvalue weighted by atomic mass is 16.5. The van der Waals surface area contributed by atoms with Gasteiger partial charge >= 0.3 is 0 Å². The van der Waals surface area contributed by atoms with Crippen molar-refractivity contribution in [2.45, 2.75) is 19.8 Å². The van der Waals surface area contributed by atoms with Crippen LogP contribution in [0.4, 0.5) is 5.82 Å². The normalized spacial score (nSPS) is 17.2. The highest BCUT2D eigenvalue weighted by Gasteiger charge is 2.47. The van der Waals surface area contributed by atoms with Crippen molar-refractivity contribution in [1.29, 1.82) is 0 Å². The van der Waals surface area contributed by atoms with Gasteiger partial charge in [0, 0.05) is 45.1 Å². The summed E-state index contributed by atoms with van der Waals surface area (Å²) < 4.78 is 5.63. The van der Waals surface area contributed by atoms with E-state index in [0.717, 1.165) is 11.1 Å². The molecule has 1 aliphatic heterocycles. The largest absolute Gasteiger partial charge is 0.508 e. The van der Waals surface area contributed by atoms with E-state index in [-0.39, 0.29) is 56.6 Å². The molecule has 0 spiro atoms. The molecule has 4 aliphatic rings. The molecule has 0 saturated heterocycles. The third kappa shape index (κ3) is 3.12. The quantitative estimate of drug-likeness (QED) is 0.335. The van der Waals surface area contributed by atoms with Gasteiger partial charge in [-0.1, -0.05) is 6.07 Å². The number of nitrogens with zero attached hydrogens (tertiary/aromatic N) is 2. The molecule has 11 nitrogen and oxygen atoms in total. The Hall–Kier alpha value is -5.71. The predicted octanol–water partition coefficient (Wildman–Crippen LogP) is 1.37. The number of phenolic OH excluding ortho intramolecular Hbond substituents is 3. The summed E-state index contributed by atoms with van der Waals surface area (Å²) in [4.78, 5) is 59.5. The van der Waals surface area contributed by atoms with Crippen LogP contribution >= 0.6 is 0 Å². The number of pyridine rings is 1. The molecule has 3 aliphatic carbocycles. The molecule has 42 heavy (non-hydrogen) atoms. The average molecular weight is 564 g/mol. The first kappa shape index (κ1) is 25.3. The van der Waals surface area contributed by atoms with Crippen molar-refractivity contribution in [3.63, 3.8) is 0 Å². The maximum atomic E-state index is 14.2. The van der Waals surface area contributed by atoms with Crippen LogP contribution < -0.4 is 20.9 Å². The molecule has 208 valence electrons. The molecule has 0 fully saturated rings. The number of methoxy groups -OCH3 is 1. The summed E-state index contributed by atoms with van der Waals surface area (Å²) in [6.07, 6.45) is 3.63. The molecule has 11 heteroatoms. The Labute approximate surface area is 237 Å². The number of hydrogen-bond donors (Lipinski definition) is 4. The van der Waals surface area contributed by atoms with Crippen LogP contribution in [0, 0.1) is 6.92 Å². The third-order valence-corrected chi connectivity index (χ3v) is 8.12. The van der Waals surface area contributed by atoms with Gasteiger partial charge in [-0.3, -0.25) is 24.6 Å². The number of nitrogens with one attached hydrogen (secondary N) is 1. The first-order valence-electron chi connectivity index (χ1n) is 13.0. The van der Waals surface area contributed by atoms with Gasteiger partial charge in [-0.2, -0.15) is 0 Å². The lowest BCUT2D eigenvalue weighted by atomic mass is 9.71. The van der Waals surface area contributed by atoms with Crippen LogP contribution in [-0.4, -0.2) is 50.7 Å². The van der Waals surface area contributed by atoms with Gasteiger partial charge in [0.15, 0.2) is 17.4 Å². The SMILES string of the molecule is COC1=C2CCc3cc4c(c(O)c3=C2C(=O)C2=C1C(=O)c1c(cc(O)c(C)c1O)C2=O)C(=O)N(c1ccccn1)NC=4. The fourth-order valence-corrected chi connectivity index (χ4v) is 6.12. The summed E-state index contributed by atoms with van der Waals surface area (Å²) >= 11 is 0. The Kier molecular flexibility index (Phi) is 5.20. The van der Waals surface area contributed by atoms with Crippen LogP contribution in [-0.2, 0) is 16.0 Å². The van der Waals surface area contributed by atoms with E-state index in [4.69, 9.17) is 4.74 Å². The molecule has 1 amide bonds. The molecule has 0 unspecified atom stereocenters. The maximum absolute atomic E-state index is 14.2. The Bertz CT molecular complexity index is 2060. The van der Waals surface area contributed by atoms with E-state index in [1.54, 1.807) is 30.5 Å². The van der Waals surface area contributed by atoms with Crippen molar-refractivity contribution in [1.82, 2.24) is 10.4 Å². The number of carbonyl (C=O) groups is 4. The number of ether oxygens (including phenoxy) is 1. The molecule has 4 N–H and O–H groups in total. The van der Waals surface area contributed by atoms with Crippen molar-refractivity contribution in [3.05, 3.63) is 97.3 Å². The van der Waals surface area contributed by atoms with Crippen LogP contribution in [0.1, 0.15) is 48.6 Å². The average Bonchev–Trinajstić information content (AvgIpc) is 2.98.